The van der Waals surface area contributed by atoms with Gasteiger partial charge in [0.25, 0.3) is 11.8 Å². The smallest absolute Gasteiger partial charge is 0.261 e. The lowest BCUT2D eigenvalue weighted by Crippen LogP contribution is -2.29. The van der Waals surface area contributed by atoms with Gasteiger partial charge in [-0.2, -0.15) is 0 Å². The number of imide groups is 1. The summed E-state index contributed by atoms with van der Waals surface area (Å²) in [6, 6.07) is 27.6. The highest BCUT2D eigenvalue weighted by molar-refractivity contribution is 6.21. The Morgan fingerprint density at radius 3 is 1.50 bits per heavy atom. The van der Waals surface area contributed by atoms with Gasteiger partial charge >= 0.3 is 0 Å². The maximum Gasteiger partial charge on any atom is 0.261 e. The zero-order valence-electron chi connectivity index (χ0n) is 16.4. The fourth-order valence-corrected chi connectivity index (χ4v) is 3.86. The summed E-state index contributed by atoms with van der Waals surface area (Å²) in [4.78, 5) is 26.4. The van der Waals surface area contributed by atoms with Gasteiger partial charge in [-0.3, -0.25) is 14.5 Å². The van der Waals surface area contributed by atoms with E-state index in [1.165, 1.54) is 10.5 Å². The van der Waals surface area contributed by atoms with Gasteiger partial charge in [0.15, 0.2) is 0 Å². The molecule has 4 heteroatoms. The SMILES string of the molecule is O=C1c2ccccc2C(=O)N1Cc1ccc(-c2ccc(Cn3cccc3)cc2)cc1. The molecular weight excluding hydrogens is 372 g/mol. The van der Waals surface area contributed by atoms with E-state index in [9.17, 15) is 9.59 Å². The van der Waals surface area contributed by atoms with Crippen LogP contribution in [0.1, 0.15) is 31.8 Å². The summed E-state index contributed by atoms with van der Waals surface area (Å²) in [7, 11) is 0. The molecule has 0 radical (unpaired) electrons. The molecule has 0 fully saturated rings. The van der Waals surface area contributed by atoms with Crippen LogP contribution in [0.25, 0.3) is 11.1 Å². The number of carbonyl (C=O) groups excluding carboxylic acids is 2. The van der Waals surface area contributed by atoms with Crippen molar-refractivity contribution in [1.29, 1.82) is 0 Å². The Morgan fingerprint density at radius 1 is 0.533 bits per heavy atom. The van der Waals surface area contributed by atoms with Gasteiger partial charge in [0.1, 0.15) is 0 Å². The van der Waals surface area contributed by atoms with Crippen LogP contribution in [0.5, 0.6) is 0 Å². The molecule has 0 saturated carbocycles. The molecule has 146 valence electrons. The molecule has 0 unspecified atom stereocenters. The Morgan fingerprint density at radius 2 is 1.00 bits per heavy atom. The first-order chi connectivity index (χ1) is 14.7. The normalized spacial score (nSPS) is 13.0. The van der Waals surface area contributed by atoms with Crippen LogP contribution in [0.4, 0.5) is 0 Å². The Bertz CT molecular complexity index is 1170. The number of hydrogen-bond donors (Lipinski definition) is 0. The lowest BCUT2D eigenvalue weighted by Gasteiger charge is -2.14. The molecule has 0 atom stereocenters. The summed E-state index contributed by atoms with van der Waals surface area (Å²) < 4.78 is 2.14. The van der Waals surface area contributed by atoms with Crippen LogP contribution >= 0.6 is 0 Å². The van der Waals surface area contributed by atoms with Crippen LogP contribution in [0.2, 0.25) is 0 Å². The molecule has 0 aliphatic carbocycles. The van der Waals surface area contributed by atoms with Crippen LogP contribution in [-0.2, 0) is 13.1 Å². The number of aromatic nitrogens is 1. The number of nitrogens with zero attached hydrogens (tertiary/aromatic N) is 2. The fraction of sp³-hybridized carbons (Fsp3) is 0.0769. The topological polar surface area (TPSA) is 42.3 Å². The molecule has 0 spiro atoms. The Hall–Kier alpha value is -3.92. The lowest BCUT2D eigenvalue weighted by atomic mass is 10.0. The zero-order valence-corrected chi connectivity index (χ0v) is 16.4. The van der Waals surface area contributed by atoms with Gasteiger partial charge in [-0.25, -0.2) is 0 Å². The first kappa shape index (κ1) is 18.1. The average Bonchev–Trinajstić information content (AvgIpc) is 3.38. The third kappa shape index (κ3) is 3.33. The molecule has 3 aromatic carbocycles. The van der Waals surface area contributed by atoms with Crippen LogP contribution < -0.4 is 0 Å². The monoisotopic (exact) mass is 392 g/mol. The van der Waals surface area contributed by atoms with Crippen molar-refractivity contribution in [3.63, 3.8) is 0 Å². The van der Waals surface area contributed by atoms with Gasteiger partial charge in [0, 0.05) is 18.9 Å². The minimum Gasteiger partial charge on any atom is -0.350 e. The standard InChI is InChI=1S/C26H20N2O2/c29-25-23-5-1-2-6-24(23)26(30)28(25)18-20-9-13-22(14-10-20)21-11-7-19(8-12-21)17-27-15-3-4-16-27/h1-16H,17-18H2. The van der Waals surface area contributed by atoms with Crippen LogP contribution in [0.3, 0.4) is 0 Å². The van der Waals surface area contributed by atoms with Crippen molar-refractivity contribution >= 4 is 11.8 Å². The molecule has 0 N–H and O–H groups in total. The molecule has 5 rings (SSSR count). The summed E-state index contributed by atoms with van der Waals surface area (Å²) in [5, 5.41) is 0. The summed E-state index contributed by atoms with van der Waals surface area (Å²) in [5.41, 5.74) is 5.39. The second-order valence-electron chi connectivity index (χ2n) is 7.49. The fourth-order valence-electron chi connectivity index (χ4n) is 3.86. The van der Waals surface area contributed by atoms with Gasteiger partial charge < -0.3 is 4.57 Å². The van der Waals surface area contributed by atoms with Gasteiger partial charge in [-0.05, 0) is 46.5 Å². The van der Waals surface area contributed by atoms with Crippen molar-refractivity contribution in [1.82, 2.24) is 9.47 Å². The van der Waals surface area contributed by atoms with Crippen LogP contribution in [0, 0.1) is 0 Å². The molecule has 1 aliphatic heterocycles. The minimum absolute atomic E-state index is 0.224. The molecule has 2 heterocycles. The summed E-state index contributed by atoms with van der Waals surface area (Å²) in [5.74, 6) is -0.448. The summed E-state index contributed by atoms with van der Waals surface area (Å²) >= 11 is 0. The van der Waals surface area contributed by atoms with E-state index < -0.39 is 0 Å². The highest BCUT2D eigenvalue weighted by Gasteiger charge is 2.34. The predicted molar refractivity (Wildman–Crippen MR) is 116 cm³/mol. The van der Waals surface area contributed by atoms with E-state index in [-0.39, 0.29) is 18.4 Å². The Kier molecular flexibility index (Phi) is 4.52. The molecule has 2 amide bonds. The number of hydrogen-bond acceptors (Lipinski definition) is 2. The lowest BCUT2D eigenvalue weighted by molar-refractivity contribution is 0.0642. The van der Waals surface area contributed by atoms with E-state index in [4.69, 9.17) is 0 Å². The van der Waals surface area contributed by atoms with E-state index in [1.54, 1.807) is 24.3 Å². The average molecular weight is 392 g/mol. The molecule has 0 saturated heterocycles. The van der Waals surface area contributed by atoms with Gasteiger partial charge in [-0.1, -0.05) is 60.7 Å². The van der Waals surface area contributed by atoms with Crippen LogP contribution in [-0.4, -0.2) is 21.3 Å². The Balaban J connectivity index is 1.29. The first-order valence-corrected chi connectivity index (χ1v) is 9.93. The largest absolute Gasteiger partial charge is 0.350 e. The second-order valence-corrected chi connectivity index (χ2v) is 7.49. The summed E-state index contributed by atoms with van der Waals surface area (Å²) in [6.45, 7) is 1.13. The Labute approximate surface area is 175 Å². The van der Waals surface area contributed by atoms with Crippen molar-refractivity contribution in [2.45, 2.75) is 13.1 Å². The maximum atomic E-state index is 12.5. The second kappa shape index (κ2) is 7.48. The van der Waals surface area contributed by atoms with Crippen molar-refractivity contribution in [3.05, 3.63) is 120 Å². The number of carbonyl (C=O) groups is 2. The zero-order chi connectivity index (χ0) is 20.5. The maximum absolute atomic E-state index is 12.5. The van der Waals surface area contributed by atoms with Crippen molar-refractivity contribution in [3.8, 4) is 11.1 Å². The number of amides is 2. The minimum atomic E-state index is -0.224. The molecular formula is C26H20N2O2. The van der Waals surface area contributed by atoms with Crippen molar-refractivity contribution in [2.24, 2.45) is 0 Å². The van der Waals surface area contributed by atoms with E-state index in [0.717, 1.165) is 23.2 Å². The van der Waals surface area contributed by atoms with E-state index in [2.05, 4.69) is 41.2 Å². The highest BCUT2D eigenvalue weighted by Crippen LogP contribution is 2.26. The predicted octanol–water partition coefficient (Wildman–Crippen LogP) is 5.00. The molecule has 30 heavy (non-hydrogen) atoms. The van der Waals surface area contributed by atoms with E-state index >= 15 is 0 Å². The quantitative estimate of drug-likeness (QED) is 0.449. The van der Waals surface area contributed by atoms with Crippen LogP contribution in [0.15, 0.2) is 97.3 Å². The third-order valence-corrected chi connectivity index (χ3v) is 5.49. The van der Waals surface area contributed by atoms with Crippen molar-refractivity contribution in [2.75, 3.05) is 0 Å². The van der Waals surface area contributed by atoms with Gasteiger partial charge in [0.05, 0.1) is 17.7 Å². The molecule has 1 aliphatic rings. The molecule has 4 nitrogen and oxygen atoms in total. The molecule has 1 aromatic heterocycles. The first-order valence-electron chi connectivity index (χ1n) is 9.93. The van der Waals surface area contributed by atoms with E-state index in [1.807, 2.05) is 36.4 Å². The molecule has 0 bridgehead atoms. The van der Waals surface area contributed by atoms with Crippen molar-refractivity contribution < 1.29 is 9.59 Å². The number of benzene rings is 3. The van der Waals surface area contributed by atoms with E-state index in [0.29, 0.717) is 11.1 Å². The number of rotatable bonds is 5. The molecule has 4 aromatic rings. The summed E-state index contributed by atoms with van der Waals surface area (Å²) in [6.07, 6.45) is 4.11. The van der Waals surface area contributed by atoms with Gasteiger partial charge in [-0.15, -0.1) is 0 Å². The number of fused-ring (bicyclic) bond motifs is 1. The third-order valence-electron chi connectivity index (χ3n) is 5.49. The van der Waals surface area contributed by atoms with Gasteiger partial charge in [0.2, 0.25) is 0 Å². The highest BCUT2D eigenvalue weighted by atomic mass is 16.2.